The number of nitrogens with two attached hydrogens (primary N) is 1. The number of nitrogens with zero attached hydrogens (tertiary/aromatic N) is 1. The fourth-order valence-electron chi connectivity index (χ4n) is 1.95. The van der Waals surface area contributed by atoms with Gasteiger partial charge >= 0.3 is 6.18 Å². The molecule has 0 aliphatic carbocycles. The van der Waals surface area contributed by atoms with E-state index in [2.05, 4.69) is 10.3 Å². The van der Waals surface area contributed by atoms with E-state index in [9.17, 15) is 26.7 Å². The van der Waals surface area contributed by atoms with E-state index in [4.69, 9.17) is 5.73 Å². The number of benzene rings is 1. The van der Waals surface area contributed by atoms with Gasteiger partial charge in [-0.1, -0.05) is 6.07 Å². The standard InChI is InChI=1S/C15H12F5N3O/c1-7(8-2-3-11(16)12(17)4-8)23-14(24)10-5-9(15(18,19)20)6-22-13(10)21/h2-7H,1H3,(H2,21,22)(H,23,24). The fraction of sp³-hybridized carbons (Fsp3) is 0.200. The molecule has 2 aromatic rings. The summed E-state index contributed by atoms with van der Waals surface area (Å²) >= 11 is 0. The largest absolute Gasteiger partial charge is 0.417 e. The summed E-state index contributed by atoms with van der Waals surface area (Å²) in [6, 6.07) is 2.80. The third-order valence-electron chi connectivity index (χ3n) is 3.28. The lowest BCUT2D eigenvalue weighted by Crippen LogP contribution is -2.28. The first-order chi connectivity index (χ1) is 11.1. The molecule has 0 saturated carbocycles. The van der Waals surface area contributed by atoms with Crippen molar-refractivity contribution in [3.8, 4) is 0 Å². The number of aromatic nitrogens is 1. The molecule has 0 spiro atoms. The third-order valence-corrected chi connectivity index (χ3v) is 3.28. The van der Waals surface area contributed by atoms with Crippen LogP contribution in [0.1, 0.15) is 34.5 Å². The van der Waals surface area contributed by atoms with Gasteiger partial charge in [0.2, 0.25) is 0 Å². The molecular formula is C15H12F5N3O. The number of hydrogen-bond donors (Lipinski definition) is 2. The summed E-state index contributed by atoms with van der Waals surface area (Å²) in [4.78, 5) is 15.5. The molecule has 1 atom stereocenters. The van der Waals surface area contributed by atoms with Gasteiger partial charge in [0.05, 0.1) is 17.2 Å². The minimum absolute atomic E-state index is 0.237. The van der Waals surface area contributed by atoms with Crippen LogP contribution in [0.4, 0.5) is 27.8 Å². The van der Waals surface area contributed by atoms with Gasteiger partial charge in [0.15, 0.2) is 11.6 Å². The first-order valence-corrected chi connectivity index (χ1v) is 6.68. The molecule has 0 aliphatic heterocycles. The van der Waals surface area contributed by atoms with Crippen LogP contribution in [0.2, 0.25) is 0 Å². The minimum atomic E-state index is -4.68. The molecular weight excluding hydrogens is 333 g/mol. The third kappa shape index (κ3) is 3.79. The summed E-state index contributed by atoms with van der Waals surface area (Å²) in [5.41, 5.74) is 4.10. The number of nitrogens with one attached hydrogen (secondary N) is 1. The van der Waals surface area contributed by atoms with E-state index in [1.807, 2.05) is 0 Å². The maximum Gasteiger partial charge on any atom is 0.417 e. The maximum absolute atomic E-state index is 13.2. The normalized spacial score (nSPS) is 12.8. The smallest absolute Gasteiger partial charge is 0.383 e. The number of rotatable bonds is 3. The van der Waals surface area contributed by atoms with E-state index in [1.165, 1.54) is 13.0 Å². The first-order valence-electron chi connectivity index (χ1n) is 6.68. The second-order valence-corrected chi connectivity index (χ2v) is 5.02. The number of anilines is 1. The van der Waals surface area contributed by atoms with Crippen LogP contribution in [0, 0.1) is 11.6 Å². The molecule has 1 heterocycles. The summed E-state index contributed by atoms with van der Waals surface area (Å²) < 4.78 is 64.2. The van der Waals surface area contributed by atoms with E-state index in [-0.39, 0.29) is 11.4 Å². The van der Waals surface area contributed by atoms with E-state index in [1.54, 1.807) is 0 Å². The van der Waals surface area contributed by atoms with E-state index in [0.717, 1.165) is 12.1 Å². The lowest BCUT2D eigenvalue weighted by Gasteiger charge is -2.16. The van der Waals surface area contributed by atoms with Gasteiger partial charge in [0.1, 0.15) is 5.82 Å². The van der Waals surface area contributed by atoms with Crippen molar-refractivity contribution in [3.63, 3.8) is 0 Å². The second-order valence-electron chi connectivity index (χ2n) is 5.02. The van der Waals surface area contributed by atoms with Crippen LogP contribution in [-0.4, -0.2) is 10.9 Å². The van der Waals surface area contributed by atoms with Crippen molar-refractivity contribution in [3.05, 3.63) is 58.8 Å². The average Bonchev–Trinajstić information content (AvgIpc) is 2.49. The van der Waals surface area contributed by atoms with Crippen LogP contribution in [0.5, 0.6) is 0 Å². The van der Waals surface area contributed by atoms with Crippen LogP contribution in [0.25, 0.3) is 0 Å². The Morgan fingerprint density at radius 3 is 2.46 bits per heavy atom. The van der Waals surface area contributed by atoms with Gasteiger partial charge in [0.25, 0.3) is 5.91 Å². The number of halogens is 5. The Balaban J connectivity index is 2.24. The molecule has 0 fully saturated rings. The number of hydrogen-bond acceptors (Lipinski definition) is 3. The van der Waals surface area contributed by atoms with Crippen molar-refractivity contribution >= 4 is 11.7 Å². The minimum Gasteiger partial charge on any atom is -0.383 e. The summed E-state index contributed by atoms with van der Waals surface area (Å²) in [6.07, 6.45) is -4.16. The number of nitrogen functional groups attached to an aromatic ring is 1. The number of carbonyl (C=O) groups excluding carboxylic acids is 1. The molecule has 1 aromatic heterocycles. The molecule has 0 bridgehead atoms. The lowest BCUT2D eigenvalue weighted by atomic mass is 10.1. The number of alkyl halides is 3. The first kappa shape index (κ1) is 17.6. The van der Waals surface area contributed by atoms with E-state index in [0.29, 0.717) is 12.3 Å². The van der Waals surface area contributed by atoms with Crippen molar-refractivity contribution in [2.75, 3.05) is 5.73 Å². The SMILES string of the molecule is CC(NC(=O)c1cc(C(F)(F)F)cnc1N)c1ccc(F)c(F)c1. The van der Waals surface area contributed by atoms with Gasteiger partial charge in [-0.3, -0.25) is 4.79 Å². The van der Waals surface area contributed by atoms with E-state index < -0.39 is 40.9 Å². The Bertz CT molecular complexity index is 776. The van der Waals surface area contributed by atoms with Gasteiger partial charge in [-0.25, -0.2) is 13.8 Å². The number of pyridine rings is 1. The predicted octanol–water partition coefficient (Wildman–Crippen LogP) is 3.45. The van der Waals surface area contributed by atoms with E-state index >= 15 is 0 Å². The molecule has 3 N–H and O–H groups in total. The molecule has 1 unspecified atom stereocenters. The molecule has 128 valence electrons. The van der Waals surface area contributed by atoms with Crippen LogP contribution < -0.4 is 11.1 Å². The van der Waals surface area contributed by atoms with Crippen LogP contribution in [0.15, 0.2) is 30.5 Å². The molecule has 0 radical (unpaired) electrons. The van der Waals surface area contributed by atoms with Crippen molar-refractivity contribution in [1.29, 1.82) is 0 Å². The maximum atomic E-state index is 13.2. The summed E-state index contributed by atoms with van der Waals surface area (Å²) in [5, 5.41) is 2.36. The highest BCUT2D eigenvalue weighted by Crippen LogP contribution is 2.30. The highest BCUT2D eigenvalue weighted by atomic mass is 19.4. The Morgan fingerprint density at radius 2 is 1.88 bits per heavy atom. The number of amides is 1. The van der Waals surface area contributed by atoms with Gasteiger partial charge in [-0.2, -0.15) is 13.2 Å². The van der Waals surface area contributed by atoms with Crippen molar-refractivity contribution in [2.24, 2.45) is 0 Å². The van der Waals surface area contributed by atoms with Crippen LogP contribution in [0.3, 0.4) is 0 Å². The zero-order valence-corrected chi connectivity index (χ0v) is 12.3. The lowest BCUT2D eigenvalue weighted by molar-refractivity contribution is -0.137. The predicted molar refractivity (Wildman–Crippen MR) is 75.9 cm³/mol. The quantitative estimate of drug-likeness (QED) is 0.837. The van der Waals surface area contributed by atoms with Crippen molar-refractivity contribution in [1.82, 2.24) is 10.3 Å². The Morgan fingerprint density at radius 1 is 1.21 bits per heavy atom. The van der Waals surface area contributed by atoms with Crippen LogP contribution >= 0.6 is 0 Å². The zero-order chi connectivity index (χ0) is 18.1. The van der Waals surface area contributed by atoms with Crippen molar-refractivity contribution < 1.29 is 26.7 Å². The fourth-order valence-corrected chi connectivity index (χ4v) is 1.95. The highest BCUT2D eigenvalue weighted by molar-refractivity contribution is 5.98. The van der Waals surface area contributed by atoms with Gasteiger partial charge < -0.3 is 11.1 Å². The Hall–Kier alpha value is -2.71. The zero-order valence-electron chi connectivity index (χ0n) is 12.3. The van der Waals surface area contributed by atoms with Gasteiger partial charge in [0, 0.05) is 6.20 Å². The Kier molecular flexibility index (Phi) is 4.72. The van der Waals surface area contributed by atoms with Crippen molar-refractivity contribution in [2.45, 2.75) is 19.1 Å². The van der Waals surface area contributed by atoms with Crippen LogP contribution in [-0.2, 0) is 6.18 Å². The molecule has 0 saturated heterocycles. The van der Waals surface area contributed by atoms with Gasteiger partial charge in [-0.15, -0.1) is 0 Å². The molecule has 1 amide bonds. The molecule has 4 nitrogen and oxygen atoms in total. The number of carbonyl (C=O) groups is 1. The Labute approximate surface area is 133 Å². The molecule has 9 heteroatoms. The highest BCUT2D eigenvalue weighted by Gasteiger charge is 2.32. The topological polar surface area (TPSA) is 68.0 Å². The van der Waals surface area contributed by atoms with Gasteiger partial charge in [-0.05, 0) is 30.7 Å². The summed E-state index contributed by atoms with van der Waals surface area (Å²) in [5.74, 6) is -3.45. The molecule has 0 aliphatic rings. The molecule has 2 rings (SSSR count). The molecule has 1 aromatic carbocycles. The summed E-state index contributed by atoms with van der Waals surface area (Å²) in [7, 11) is 0. The second kappa shape index (κ2) is 6.42. The summed E-state index contributed by atoms with van der Waals surface area (Å²) in [6.45, 7) is 1.46. The monoisotopic (exact) mass is 345 g/mol. The average molecular weight is 345 g/mol. The molecule has 24 heavy (non-hydrogen) atoms.